The number of benzene rings is 3. The highest BCUT2D eigenvalue weighted by Crippen LogP contribution is 2.27. The highest BCUT2D eigenvalue weighted by molar-refractivity contribution is 5.96. The van der Waals surface area contributed by atoms with Gasteiger partial charge in [-0.25, -0.2) is 18.0 Å². The number of halogens is 3. The van der Waals surface area contributed by atoms with E-state index in [1.165, 1.54) is 0 Å². The number of carboxylic acid groups (broad SMARTS) is 1. The van der Waals surface area contributed by atoms with Gasteiger partial charge < -0.3 is 5.11 Å². The largest absolute Gasteiger partial charge is 0.478 e. The Labute approximate surface area is 167 Å². The Morgan fingerprint density at radius 1 is 0.793 bits per heavy atom. The van der Waals surface area contributed by atoms with Crippen LogP contribution in [-0.4, -0.2) is 11.1 Å². The first-order valence-corrected chi connectivity index (χ1v) is 9.48. The van der Waals surface area contributed by atoms with Gasteiger partial charge in [-0.15, -0.1) is 0 Å². The highest BCUT2D eigenvalue weighted by atomic mass is 19.2. The number of hydrogen-bond donors (Lipinski definition) is 1. The molecule has 0 spiro atoms. The zero-order valence-corrected chi connectivity index (χ0v) is 16.0. The molecule has 5 heteroatoms. The van der Waals surface area contributed by atoms with E-state index in [0.717, 1.165) is 41.7 Å². The molecule has 0 aliphatic carbocycles. The summed E-state index contributed by atoms with van der Waals surface area (Å²) < 4.78 is 39.7. The van der Waals surface area contributed by atoms with Crippen LogP contribution in [0.3, 0.4) is 0 Å². The second-order valence-electron chi connectivity index (χ2n) is 7.01. The molecule has 0 unspecified atom stereocenters. The van der Waals surface area contributed by atoms with Gasteiger partial charge in [0.05, 0.1) is 5.56 Å². The third-order valence-electron chi connectivity index (χ3n) is 4.86. The van der Waals surface area contributed by atoms with E-state index in [-0.39, 0.29) is 5.56 Å². The van der Waals surface area contributed by atoms with Gasteiger partial charge in [-0.2, -0.15) is 0 Å². The summed E-state index contributed by atoms with van der Waals surface area (Å²) in [6, 6.07) is 14.8. The van der Waals surface area contributed by atoms with Gasteiger partial charge in [-0.3, -0.25) is 0 Å². The van der Waals surface area contributed by atoms with Crippen molar-refractivity contribution in [3.05, 3.63) is 94.3 Å². The van der Waals surface area contributed by atoms with Crippen LogP contribution in [0.25, 0.3) is 11.1 Å². The van der Waals surface area contributed by atoms with E-state index in [2.05, 4.69) is 6.92 Å². The van der Waals surface area contributed by atoms with Gasteiger partial charge in [0.2, 0.25) is 0 Å². The summed E-state index contributed by atoms with van der Waals surface area (Å²) in [6.45, 7) is 2.07. The Hall–Kier alpha value is -3.08. The molecule has 0 aliphatic heterocycles. The Kier molecular flexibility index (Phi) is 6.37. The molecule has 0 aliphatic rings. The molecule has 0 heterocycles. The molecule has 3 rings (SSSR count). The Bertz CT molecular complexity index is 1000. The van der Waals surface area contributed by atoms with Crippen molar-refractivity contribution in [1.82, 2.24) is 0 Å². The number of rotatable bonds is 7. The predicted molar refractivity (Wildman–Crippen MR) is 107 cm³/mol. The van der Waals surface area contributed by atoms with Crippen LogP contribution in [0.5, 0.6) is 0 Å². The number of carbonyl (C=O) groups is 1. The fourth-order valence-electron chi connectivity index (χ4n) is 3.35. The normalized spacial score (nSPS) is 10.9. The van der Waals surface area contributed by atoms with Crippen LogP contribution in [0.15, 0.2) is 54.6 Å². The maximum absolute atomic E-state index is 13.3. The van der Waals surface area contributed by atoms with E-state index >= 15 is 0 Å². The molecule has 0 radical (unpaired) electrons. The summed E-state index contributed by atoms with van der Waals surface area (Å²) in [7, 11) is 0. The number of aromatic carboxylic acids is 1. The Balaban J connectivity index is 1.80. The summed E-state index contributed by atoms with van der Waals surface area (Å²) in [5, 5.41) is 9.49. The first-order chi connectivity index (χ1) is 13.9. The third-order valence-corrected chi connectivity index (χ3v) is 4.86. The average molecular weight is 398 g/mol. The predicted octanol–water partition coefficient (Wildman–Crippen LogP) is 6.21. The lowest BCUT2D eigenvalue weighted by Gasteiger charge is -2.10. The van der Waals surface area contributed by atoms with E-state index in [4.69, 9.17) is 0 Å². The van der Waals surface area contributed by atoms with Gasteiger partial charge in [-0.05, 0) is 65.3 Å². The van der Waals surface area contributed by atoms with E-state index in [0.29, 0.717) is 24.0 Å². The first-order valence-electron chi connectivity index (χ1n) is 9.48. The lowest BCUT2D eigenvalue weighted by Crippen LogP contribution is -2.01. The summed E-state index contributed by atoms with van der Waals surface area (Å²) in [4.78, 5) is 11.6. The first kappa shape index (κ1) is 20.6. The molecule has 0 aromatic heterocycles. The summed E-state index contributed by atoms with van der Waals surface area (Å²) in [5.41, 5.74) is 4.10. The Morgan fingerprint density at radius 2 is 1.38 bits per heavy atom. The molecular weight excluding hydrogens is 377 g/mol. The number of hydrogen-bond acceptors (Lipinski definition) is 1. The lowest BCUT2D eigenvalue weighted by molar-refractivity contribution is 0.0697. The van der Waals surface area contributed by atoms with Crippen LogP contribution in [-0.2, 0) is 19.3 Å². The van der Waals surface area contributed by atoms with Crippen molar-refractivity contribution in [2.24, 2.45) is 0 Å². The quantitative estimate of drug-likeness (QED) is 0.481. The second-order valence-corrected chi connectivity index (χ2v) is 7.01. The zero-order valence-electron chi connectivity index (χ0n) is 16.0. The molecule has 0 saturated heterocycles. The molecule has 0 saturated carbocycles. The molecule has 29 heavy (non-hydrogen) atoms. The van der Waals surface area contributed by atoms with Crippen LogP contribution in [0.4, 0.5) is 13.2 Å². The molecule has 0 atom stereocenters. The highest BCUT2D eigenvalue weighted by Gasteiger charge is 2.13. The van der Waals surface area contributed by atoms with Crippen molar-refractivity contribution in [2.75, 3.05) is 0 Å². The van der Waals surface area contributed by atoms with Crippen LogP contribution in [0.1, 0.15) is 40.4 Å². The van der Waals surface area contributed by atoms with Gasteiger partial charge >= 0.3 is 5.97 Å². The van der Waals surface area contributed by atoms with Crippen molar-refractivity contribution in [3.8, 4) is 11.1 Å². The van der Waals surface area contributed by atoms with E-state index in [1.807, 2.05) is 36.4 Å². The fraction of sp³-hybridized carbons (Fsp3) is 0.208. The summed E-state index contributed by atoms with van der Waals surface area (Å²) in [6.07, 6.45) is 2.72. The summed E-state index contributed by atoms with van der Waals surface area (Å²) in [5.74, 6) is -4.82. The van der Waals surface area contributed by atoms with Gasteiger partial charge in [-0.1, -0.05) is 49.7 Å². The molecule has 150 valence electrons. The van der Waals surface area contributed by atoms with Crippen LogP contribution < -0.4 is 0 Å². The van der Waals surface area contributed by atoms with Crippen molar-refractivity contribution in [1.29, 1.82) is 0 Å². The average Bonchev–Trinajstić information content (AvgIpc) is 2.71. The minimum Gasteiger partial charge on any atom is -0.478 e. The molecule has 3 aromatic carbocycles. The maximum Gasteiger partial charge on any atom is 0.336 e. The SMILES string of the molecule is CCCc1ccc(C(=O)O)c(-c2ccc(CCc3cc(F)c(F)c(F)c3)cc2)c1. The second kappa shape index (κ2) is 8.95. The lowest BCUT2D eigenvalue weighted by atomic mass is 9.94. The molecule has 1 N–H and O–H groups in total. The van der Waals surface area contributed by atoms with Crippen LogP contribution in [0.2, 0.25) is 0 Å². The molecule has 3 aromatic rings. The van der Waals surface area contributed by atoms with Gasteiger partial charge in [0.15, 0.2) is 17.5 Å². The minimum atomic E-state index is -1.46. The maximum atomic E-state index is 13.3. The van der Waals surface area contributed by atoms with Gasteiger partial charge in [0.1, 0.15) is 0 Å². The van der Waals surface area contributed by atoms with Crippen molar-refractivity contribution >= 4 is 5.97 Å². The van der Waals surface area contributed by atoms with E-state index < -0.39 is 23.4 Å². The van der Waals surface area contributed by atoms with Crippen LogP contribution in [0, 0.1) is 17.5 Å². The Morgan fingerprint density at radius 3 is 1.97 bits per heavy atom. The summed E-state index contributed by atoms with van der Waals surface area (Å²) >= 11 is 0. The van der Waals surface area contributed by atoms with Crippen molar-refractivity contribution in [3.63, 3.8) is 0 Å². The van der Waals surface area contributed by atoms with Crippen molar-refractivity contribution < 1.29 is 23.1 Å². The van der Waals surface area contributed by atoms with Gasteiger partial charge in [0, 0.05) is 0 Å². The van der Waals surface area contributed by atoms with E-state index in [1.54, 1.807) is 6.07 Å². The standard InChI is InChI=1S/C24H21F3O2/c1-2-3-16-8-11-19(24(28)29)20(12-16)18-9-6-15(7-10-18)4-5-17-13-21(25)23(27)22(26)14-17/h6-14H,2-5H2,1H3,(H,28,29). The molecule has 0 bridgehead atoms. The molecular formula is C24H21F3O2. The number of carboxylic acids is 1. The van der Waals surface area contributed by atoms with Crippen molar-refractivity contribution in [2.45, 2.75) is 32.6 Å². The molecule has 0 amide bonds. The smallest absolute Gasteiger partial charge is 0.336 e. The van der Waals surface area contributed by atoms with E-state index in [9.17, 15) is 23.1 Å². The fourth-order valence-corrected chi connectivity index (χ4v) is 3.35. The molecule has 0 fully saturated rings. The topological polar surface area (TPSA) is 37.3 Å². The van der Waals surface area contributed by atoms with Crippen LogP contribution >= 0.6 is 0 Å². The van der Waals surface area contributed by atoms with Gasteiger partial charge in [0.25, 0.3) is 0 Å². The molecule has 2 nitrogen and oxygen atoms in total. The monoisotopic (exact) mass is 398 g/mol. The number of aryl methyl sites for hydroxylation is 3. The minimum absolute atomic E-state index is 0.245. The third kappa shape index (κ3) is 4.86. The zero-order chi connectivity index (χ0) is 21.0.